The maximum Gasteiger partial charge on any atom is 0.161 e. The highest BCUT2D eigenvalue weighted by Crippen LogP contribution is 2.60. The maximum absolute atomic E-state index is 13.5. The van der Waals surface area contributed by atoms with E-state index in [0.717, 1.165) is 16.7 Å². The molecular formula is C19H26NO3P. The fourth-order valence-corrected chi connectivity index (χ4v) is 5.65. The van der Waals surface area contributed by atoms with Gasteiger partial charge in [0, 0.05) is 18.1 Å². The summed E-state index contributed by atoms with van der Waals surface area (Å²) in [5.41, 5.74) is 2.65. The summed E-state index contributed by atoms with van der Waals surface area (Å²) in [7, 11) is -0.874. The molecule has 130 valence electrons. The van der Waals surface area contributed by atoms with Crippen LogP contribution in [0.15, 0.2) is 36.7 Å². The van der Waals surface area contributed by atoms with Crippen LogP contribution in [0.5, 0.6) is 11.5 Å². The topological polar surface area (TPSA) is 59.4 Å². The number of hydrogen-bond acceptors (Lipinski definition) is 4. The first-order chi connectivity index (χ1) is 11.4. The van der Waals surface area contributed by atoms with Gasteiger partial charge in [-0.15, -0.1) is 0 Å². The van der Waals surface area contributed by atoms with Crippen LogP contribution in [0.3, 0.4) is 0 Å². The van der Waals surface area contributed by atoms with Crippen molar-refractivity contribution in [3.05, 3.63) is 53.3 Å². The minimum atomic E-state index is -2.41. The number of hydrogen-bond donors (Lipinski definition) is 1. The van der Waals surface area contributed by atoms with E-state index >= 15 is 0 Å². The molecule has 0 fully saturated rings. The summed E-state index contributed by atoms with van der Waals surface area (Å²) in [5.74, 6) is 0.573. The van der Waals surface area contributed by atoms with Crippen molar-refractivity contribution in [2.24, 2.45) is 0 Å². The van der Waals surface area contributed by atoms with Gasteiger partial charge in [-0.3, -0.25) is 4.98 Å². The molecule has 1 heterocycles. The number of aromatic hydroxyl groups is 1. The molecule has 4 nitrogen and oxygen atoms in total. The van der Waals surface area contributed by atoms with Crippen LogP contribution in [0.2, 0.25) is 0 Å². The number of nitrogens with zero attached hydrogens (tertiary/aromatic N) is 1. The molecule has 5 heteroatoms. The lowest BCUT2D eigenvalue weighted by molar-refractivity contribution is 0.371. The molecule has 2 rings (SSSR count). The Morgan fingerprint density at radius 1 is 1.29 bits per heavy atom. The lowest BCUT2D eigenvalue weighted by Crippen LogP contribution is -2.09. The molecule has 0 aliphatic heterocycles. The number of aromatic nitrogens is 1. The first-order valence-corrected chi connectivity index (χ1v) is 10.4. The second-order valence-corrected chi connectivity index (χ2v) is 9.85. The predicted molar refractivity (Wildman–Crippen MR) is 98.8 cm³/mol. The lowest BCUT2D eigenvalue weighted by Gasteiger charge is -2.27. The molecule has 1 aromatic heterocycles. The molecule has 0 saturated heterocycles. The number of benzene rings is 1. The molecular weight excluding hydrogens is 321 g/mol. The van der Waals surface area contributed by atoms with Gasteiger partial charge in [0.1, 0.15) is 0 Å². The minimum Gasteiger partial charge on any atom is -0.504 e. The Morgan fingerprint density at radius 3 is 2.54 bits per heavy atom. The quantitative estimate of drug-likeness (QED) is 0.732. The van der Waals surface area contributed by atoms with E-state index in [9.17, 15) is 9.67 Å². The molecule has 1 N–H and O–H groups in total. The van der Waals surface area contributed by atoms with Gasteiger partial charge in [0.25, 0.3) is 0 Å². The smallest absolute Gasteiger partial charge is 0.161 e. The summed E-state index contributed by atoms with van der Waals surface area (Å²) < 4.78 is 18.8. The number of ether oxygens (including phenoxy) is 1. The van der Waals surface area contributed by atoms with Gasteiger partial charge in [-0.25, -0.2) is 0 Å². The lowest BCUT2D eigenvalue weighted by atomic mass is 10.0. The number of methoxy groups -OCH3 is 1. The molecule has 1 aromatic carbocycles. The minimum absolute atomic E-state index is 0.107. The fourth-order valence-electron chi connectivity index (χ4n) is 3.08. The van der Waals surface area contributed by atoms with E-state index in [0.29, 0.717) is 24.5 Å². The number of phenolic OH excluding ortho intramolecular Hbond substituents is 1. The zero-order valence-corrected chi connectivity index (χ0v) is 15.7. The number of phenols is 1. The predicted octanol–water partition coefficient (Wildman–Crippen LogP) is 4.79. The van der Waals surface area contributed by atoms with Crippen molar-refractivity contribution >= 4 is 7.14 Å². The Morgan fingerprint density at radius 2 is 2.00 bits per heavy atom. The molecule has 0 radical (unpaired) electrons. The third-order valence-electron chi connectivity index (χ3n) is 4.68. The van der Waals surface area contributed by atoms with Crippen molar-refractivity contribution in [3.63, 3.8) is 0 Å². The van der Waals surface area contributed by atoms with E-state index in [4.69, 9.17) is 4.74 Å². The van der Waals surface area contributed by atoms with Crippen LogP contribution in [-0.4, -0.2) is 29.5 Å². The summed E-state index contributed by atoms with van der Waals surface area (Å²) in [5, 5.41) is 10.1. The van der Waals surface area contributed by atoms with Crippen LogP contribution in [0.25, 0.3) is 0 Å². The highest BCUT2D eigenvalue weighted by atomic mass is 31.2. The highest BCUT2D eigenvalue weighted by molar-refractivity contribution is 7.64. The molecule has 24 heavy (non-hydrogen) atoms. The van der Waals surface area contributed by atoms with E-state index in [1.54, 1.807) is 6.20 Å². The monoisotopic (exact) mass is 347 g/mol. The zero-order chi connectivity index (χ0) is 17.7. The number of rotatable bonds is 7. The summed E-state index contributed by atoms with van der Waals surface area (Å²) in [6, 6.07) is 7.66. The Hall–Kier alpha value is -1.80. The van der Waals surface area contributed by atoms with Crippen LogP contribution in [0, 0.1) is 6.92 Å². The molecule has 0 saturated carbocycles. The van der Waals surface area contributed by atoms with Crippen molar-refractivity contribution in [2.75, 3.05) is 19.4 Å². The van der Waals surface area contributed by atoms with E-state index in [1.807, 2.05) is 51.2 Å². The van der Waals surface area contributed by atoms with E-state index in [-0.39, 0.29) is 11.4 Å². The largest absolute Gasteiger partial charge is 0.504 e. The van der Waals surface area contributed by atoms with Crippen molar-refractivity contribution < 1.29 is 14.4 Å². The molecule has 2 aromatic rings. The van der Waals surface area contributed by atoms with Crippen molar-refractivity contribution in [1.82, 2.24) is 4.98 Å². The third-order valence-corrected chi connectivity index (χ3v) is 8.44. The van der Waals surface area contributed by atoms with Gasteiger partial charge in [0.15, 0.2) is 11.5 Å². The summed E-state index contributed by atoms with van der Waals surface area (Å²) >= 11 is 0. The fraction of sp³-hybridized carbons (Fsp3) is 0.421. The second-order valence-electron chi connectivity index (χ2n) is 6.05. The van der Waals surface area contributed by atoms with Crippen molar-refractivity contribution in [2.45, 2.75) is 32.9 Å². The zero-order valence-electron chi connectivity index (χ0n) is 14.8. The molecule has 0 spiro atoms. The number of pyridine rings is 1. The first kappa shape index (κ1) is 18.5. The van der Waals surface area contributed by atoms with Gasteiger partial charge in [-0.05, 0) is 54.5 Å². The van der Waals surface area contributed by atoms with Gasteiger partial charge in [-0.2, -0.15) is 0 Å². The summed E-state index contributed by atoms with van der Waals surface area (Å²) in [6.45, 7) is 5.82. The Kier molecular flexibility index (Phi) is 6.06. The van der Waals surface area contributed by atoms with Crippen LogP contribution in [0.1, 0.15) is 36.2 Å². The van der Waals surface area contributed by atoms with Crippen molar-refractivity contribution in [1.29, 1.82) is 0 Å². The highest BCUT2D eigenvalue weighted by Gasteiger charge is 2.32. The van der Waals surface area contributed by atoms with E-state index < -0.39 is 7.14 Å². The standard InChI is InChI=1S/C19H26NO3P/c1-5-24(22,6-2)18(11-15-8-7-9-20-13-15)16-10-14(3)19(21)17(12-16)23-4/h7-10,12-13,18,21H,5-6,11H2,1-4H3. The summed E-state index contributed by atoms with van der Waals surface area (Å²) in [6.07, 6.45) is 5.53. The summed E-state index contributed by atoms with van der Waals surface area (Å²) in [4.78, 5) is 4.18. The maximum atomic E-state index is 13.5. The molecule has 0 aliphatic carbocycles. The van der Waals surface area contributed by atoms with Crippen LogP contribution in [-0.2, 0) is 11.0 Å². The molecule has 1 unspecified atom stereocenters. The average Bonchev–Trinajstić information content (AvgIpc) is 2.62. The molecule has 1 atom stereocenters. The van der Waals surface area contributed by atoms with Gasteiger partial charge < -0.3 is 14.4 Å². The van der Waals surface area contributed by atoms with Crippen LogP contribution in [0.4, 0.5) is 0 Å². The van der Waals surface area contributed by atoms with E-state index in [1.165, 1.54) is 7.11 Å². The molecule has 0 bridgehead atoms. The van der Waals surface area contributed by atoms with Gasteiger partial charge in [0.05, 0.1) is 14.3 Å². The van der Waals surface area contributed by atoms with Gasteiger partial charge in [-0.1, -0.05) is 26.0 Å². The third kappa shape index (κ3) is 3.81. The van der Waals surface area contributed by atoms with Gasteiger partial charge in [0.2, 0.25) is 0 Å². The normalized spacial score (nSPS) is 12.8. The van der Waals surface area contributed by atoms with Crippen molar-refractivity contribution in [3.8, 4) is 11.5 Å². The second kappa shape index (κ2) is 7.85. The Balaban J connectivity index is 2.54. The van der Waals surface area contributed by atoms with Crippen LogP contribution >= 0.6 is 7.14 Å². The first-order valence-electron chi connectivity index (χ1n) is 8.29. The molecule has 0 aliphatic rings. The Bertz CT molecular complexity index is 723. The Labute approximate surface area is 144 Å². The molecule has 0 amide bonds. The van der Waals surface area contributed by atoms with Crippen LogP contribution < -0.4 is 4.74 Å². The van der Waals surface area contributed by atoms with E-state index in [2.05, 4.69) is 4.98 Å². The number of aryl methyl sites for hydroxylation is 1. The average molecular weight is 347 g/mol. The SMILES string of the molecule is CCP(=O)(CC)C(Cc1cccnc1)c1cc(C)c(O)c(OC)c1. The van der Waals surface area contributed by atoms with Gasteiger partial charge >= 0.3 is 0 Å².